The number of rotatable bonds is 2. The minimum atomic E-state index is -0.187. The summed E-state index contributed by atoms with van der Waals surface area (Å²) in [6.45, 7) is 0. The van der Waals surface area contributed by atoms with Crippen LogP contribution >= 0.6 is 46.1 Å². The number of benzene rings is 1. The number of halogens is 1. The Bertz CT molecular complexity index is 552. The molecule has 0 atom stereocenters. The van der Waals surface area contributed by atoms with E-state index in [4.69, 9.17) is 12.2 Å². The van der Waals surface area contributed by atoms with Gasteiger partial charge in [0.15, 0.2) is 5.11 Å². The van der Waals surface area contributed by atoms with E-state index < -0.39 is 0 Å². The smallest absolute Gasteiger partial charge is 0.267 e. The van der Waals surface area contributed by atoms with Crippen LogP contribution in [0.3, 0.4) is 0 Å². The third kappa shape index (κ3) is 3.76. The molecule has 1 aromatic carbocycles. The van der Waals surface area contributed by atoms with Gasteiger partial charge < -0.3 is 5.32 Å². The van der Waals surface area contributed by atoms with Gasteiger partial charge >= 0.3 is 0 Å². The van der Waals surface area contributed by atoms with Gasteiger partial charge in [-0.1, -0.05) is 6.07 Å². The second-order valence-corrected chi connectivity index (χ2v) is 5.99. The van der Waals surface area contributed by atoms with Gasteiger partial charge in [-0.3, -0.25) is 10.1 Å². The summed E-state index contributed by atoms with van der Waals surface area (Å²) in [6, 6.07) is 11.3. The van der Waals surface area contributed by atoms with Crippen molar-refractivity contribution in [3.8, 4) is 0 Å². The lowest BCUT2D eigenvalue weighted by Crippen LogP contribution is -2.33. The second kappa shape index (κ2) is 6.26. The Labute approximate surface area is 128 Å². The van der Waals surface area contributed by atoms with Crippen molar-refractivity contribution in [2.75, 3.05) is 5.32 Å². The molecule has 2 N–H and O–H groups in total. The maximum absolute atomic E-state index is 11.7. The van der Waals surface area contributed by atoms with Crippen LogP contribution in [0.15, 0.2) is 41.8 Å². The number of thiocarbonyl (C=S) groups is 1. The van der Waals surface area contributed by atoms with Gasteiger partial charge in [0.25, 0.3) is 5.91 Å². The molecule has 1 amide bonds. The molecule has 2 aromatic rings. The lowest BCUT2D eigenvalue weighted by Gasteiger charge is -2.08. The van der Waals surface area contributed by atoms with Gasteiger partial charge in [-0.05, 0) is 70.5 Å². The van der Waals surface area contributed by atoms with E-state index in [-0.39, 0.29) is 5.91 Å². The number of amides is 1. The summed E-state index contributed by atoms with van der Waals surface area (Å²) in [7, 11) is 0. The van der Waals surface area contributed by atoms with E-state index in [9.17, 15) is 4.79 Å². The van der Waals surface area contributed by atoms with Crippen molar-refractivity contribution < 1.29 is 4.79 Å². The average molecular weight is 388 g/mol. The summed E-state index contributed by atoms with van der Waals surface area (Å²) >= 11 is 8.69. The van der Waals surface area contributed by atoms with Crippen molar-refractivity contribution in [1.82, 2.24) is 5.32 Å². The number of hydrogen-bond acceptors (Lipinski definition) is 3. The van der Waals surface area contributed by atoms with E-state index in [0.717, 1.165) is 9.26 Å². The highest BCUT2D eigenvalue weighted by Gasteiger charge is 2.08. The minimum absolute atomic E-state index is 0.187. The van der Waals surface area contributed by atoms with Gasteiger partial charge in [-0.15, -0.1) is 11.3 Å². The predicted molar refractivity (Wildman–Crippen MR) is 87.2 cm³/mol. The maximum atomic E-state index is 11.7. The van der Waals surface area contributed by atoms with Gasteiger partial charge in [0, 0.05) is 9.26 Å². The summed E-state index contributed by atoms with van der Waals surface area (Å²) in [5, 5.41) is 7.75. The van der Waals surface area contributed by atoms with Gasteiger partial charge in [-0.25, -0.2) is 0 Å². The summed E-state index contributed by atoms with van der Waals surface area (Å²) in [4.78, 5) is 12.4. The summed E-state index contributed by atoms with van der Waals surface area (Å²) < 4.78 is 1.15. The van der Waals surface area contributed by atoms with Crippen LogP contribution in [-0.2, 0) is 0 Å². The standard InChI is InChI=1S/C12H9IN2OS2/c13-8-3-5-9(6-4-8)14-12(17)15-11(16)10-2-1-7-18-10/h1-7H,(H2,14,15,16,17). The molecule has 0 unspecified atom stereocenters. The van der Waals surface area contributed by atoms with Crippen LogP contribution in [0, 0.1) is 3.57 Å². The number of carbonyl (C=O) groups excluding carboxylic acids is 1. The average Bonchev–Trinajstić information content (AvgIpc) is 2.85. The molecule has 0 saturated carbocycles. The van der Waals surface area contributed by atoms with Gasteiger partial charge in [-0.2, -0.15) is 0 Å². The SMILES string of the molecule is O=C(NC(=S)Nc1ccc(I)cc1)c1cccs1. The number of carbonyl (C=O) groups is 1. The minimum Gasteiger partial charge on any atom is -0.332 e. The molecule has 0 aliphatic carbocycles. The van der Waals surface area contributed by atoms with Crippen LogP contribution in [-0.4, -0.2) is 11.0 Å². The second-order valence-electron chi connectivity index (χ2n) is 3.39. The molecule has 0 bridgehead atoms. The molecule has 3 nitrogen and oxygen atoms in total. The van der Waals surface area contributed by atoms with Crippen molar-refractivity contribution >= 4 is 62.9 Å². The number of nitrogens with one attached hydrogen (secondary N) is 2. The zero-order chi connectivity index (χ0) is 13.0. The molecule has 2 rings (SSSR count). The molecule has 1 aromatic heterocycles. The molecule has 0 saturated heterocycles. The van der Waals surface area contributed by atoms with E-state index >= 15 is 0 Å². The Balaban J connectivity index is 1.93. The van der Waals surface area contributed by atoms with E-state index in [1.165, 1.54) is 11.3 Å². The first-order valence-corrected chi connectivity index (χ1v) is 7.43. The third-order valence-electron chi connectivity index (χ3n) is 2.07. The monoisotopic (exact) mass is 388 g/mol. The first-order valence-electron chi connectivity index (χ1n) is 5.06. The fourth-order valence-electron chi connectivity index (χ4n) is 1.27. The highest BCUT2D eigenvalue weighted by atomic mass is 127. The Kier molecular flexibility index (Phi) is 4.67. The molecule has 18 heavy (non-hydrogen) atoms. The van der Waals surface area contributed by atoms with Crippen LogP contribution in [0.4, 0.5) is 5.69 Å². The van der Waals surface area contributed by atoms with E-state index in [1.54, 1.807) is 6.07 Å². The van der Waals surface area contributed by atoms with Crippen molar-refractivity contribution in [1.29, 1.82) is 0 Å². The fraction of sp³-hybridized carbons (Fsp3) is 0. The van der Waals surface area contributed by atoms with E-state index in [2.05, 4.69) is 33.2 Å². The first kappa shape index (κ1) is 13.4. The molecular weight excluding hydrogens is 379 g/mol. The number of hydrogen-bond donors (Lipinski definition) is 2. The van der Waals surface area contributed by atoms with Crippen molar-refractivity contribution in [3.63, 3.8) is 0 Å². The highest BCUT2D eigenvalue weighted by Crippen LogP contribution is 2.11. The first-order chi connectivity index (χ1) is 8.65. The Hall–Kier alpha value is -0.990. The zero-order valence-corrected chi connectivity index (χ0v) is 12.9. The largest absolute Gasteiger partial charge is 0.332 e. The van der Waals surface area contributed by atoms with Gasteiger partial charge in [0.2, 0.25) is 0 Å². The Morgan fingerprint density at radius 2 is 1.94 bits per heavy atom. The molecule has 0 aliphatic heterocycles. The molecular formula is C12H9IN2OS2. The maximum Gasteiger partial charge on any atom is 0.267 e. The predicted octanol–water partition coefficient (Wildman–Crippen LogP) is 3.48. The summed E-state index contributed by atoms with van der Waals surface area (Å²) in [6.07, 6.45) is 0. The van der Waals surface area contributed by atoms with E-state index in [0.29, 0.717) is 9.99 Å². The van der Waals surface area contributed by atoms with Crippen molar-refractivity contribution in [3.05, 3.63) is 50.2 Å². The molecule has 0 radical (unpaired) electrons. The molecule has 0 aliphatic rings. The summed E-state index contributed by atoms with van der Waals surface area (Å²) in [5.41, 5.74) is 0.854. The van der Waals surface area contributed by atoms with Crippen LogP contribution in [0.2, 0.25) is 0 Å². The normalized spacial score (nSPS) is 9.83. The Morgan fingerprint density at radius 1 is 1.22 bits per heavy atom. The lowest BCUT2D eigenvalue weighted by molar-refractivity contribution is 0.0981. The molecule has 0 spiro atoms. The quantitative estimate of drug-likeness (QED) is 0.612. The van der Waals surface area contributed by atoms with Gasteiger partial charge in [0.1, 0.15) is 0 Å². The topological polar surface area (TPSA) is 41.1 Å². The van der Waals surface area contributed by atoms with Crippen LogP contribution in [0.25, 0.3) is 0 Å². The van der Waals surface area contributed by atoms with Crippen LogP contribution < -0.4 is 10.6 Å². The van der Waals surface area contributed by atoms with Crippen LogP contribution in [0.1, 0.15) is 9.67 Å². The van der Waals surface area contributed by atoms with E-state index in [1.807, 2.05) is 35.7 Å². The molecule has 92 valence electrons. The lowest BCUT2D eigenvalue weighted by atomic mass is 10.3. The van der Waals surface area contributed by atoms with Crippen LogP contribution in [0.5, 0.6) is 0 Å². The Morgan fingerprint density at radius 3 is 2.56 bits per heavy atom. The fourth-order valence-corrected chi connectivity index (χ4v) is 2.46. The third-order valence-corrected chi connectivity index (χ3v) is 3.87. The zero-order valence-electron chi connectivity index (χ0n) is 9.14. The molecule has 0 fully saturated rings. The van der Waals surface area contributed by atoms with Crippen molar-refractivity contribution in [2.45, 2.75) is 0 Å². The number of anilines is 1. The molecule has 1 heterocycles. The van der Waals surface area contributed by atoms with Crippen molar-refractivity contribution in [2.24, 2.45) is 0 Å². The molecule has 6 heteroatoms. The number of thiophene rings is 1. The highest BCUT2D eigenvalue weighted by molar-refractivity contribution is 14.1. The summed E-state index contributed by atoms with van der Waals surface area (Å²) in [5.74, 6) is -0.187. The van der Waals surface area contributed by atoms with Gasteiger partial charge in [0.05, 0.1) is 4.88 Å².